The SMILES string of the molecule is COc1ccc(C(O)COc2c(Cl)cc(Cl)cc2Cl)cc1. The van der Waals surface area contributed by atoms with Crippen LogP contribution < -0.4 is 9.47 Å². The standard InChI is InChI=1S/C15H13Cl3O3/c1-20-11-4-2-9(3-5-11)14(19)8-21-15-12(17)6-10(16)7-13(15)18/h2-7,14,19H,8H2,1H3. The van der Waals surface area contributed by atoms with Crippen LogP contribution in [0.5, 0.6) is 11.5 Å². The van der Waals surface area contributed by atoms with E-state index in [0.29, 0.717) is 26.4 Å². The van der Waals surface area contributed by atoms with Gasteiger partial charge in [0.05, 0.1) is 17.2 Å². The van der Waals surface area contributed by atoms with Crippen LogP contribution >= 0.6 is 34.8 Å². The summed E-state index contributed by atoms with van der Waals surface area (Å²) in [4.78, 5) is 0. The fraction of sp³-hybridized carbons (Fsp3) is 0.200. The van der Waals surface area contributed by atoms with Crippen molar-refractivity contribution in [3.8, 4) is 11.5 Å². The van der Waals surface area contributed by atoms with Crippen LogP contribution in [-0.2, 0) is 0 Å². The second-order valence-electron chi connectivity index (χ2n) is 4.30. The molecule has 1 atom stereocenters. The van der Waals surface area contributed by atoms with E-state index in [1.165, 1.54) is 12.1 Å². The van der Waals surface area contributed by atoms with Crippen molar-refractivity contribution in [1.29, 1.82) is 0 Å². The van der Waals surface area contributed by atoms with Crippen LogP contribution in [0.15, 0.2) is 36.4 Å². The molecule has 0 aliphatic rings. The van der Waals surface area contributed by atoms with Crippen molar-refractivity contribution in [2.24, 2.45) is 0 Å². The van der Waals surface area contributed by atoms with Crippen molar-refractivity contribution in [2.75, 3.05) is 13.7 Å². The highest BCUT2D eigenvalue weighted by atomic mass is 35.5. The molecule has 0 saturated heterocycles. The predicted molar refractivity (Wildman–Crippen MR) is 84.9 cm³/mol. The van der Waals surface area contributed by atoms with E-state index in [-0.39, 0.29) is 6.61 Å². The van der Waals surface area contributed by atoms with Gasteiger partial charge in [-0.1, -0.05) is 46.9 Å². The summed E-state index contributed by atoms with van der Waals surface area (Å²) in [6.45, 7) is 0.0212. The summed E-state index contributed by atoms with van der Waals surface area (Å²) in [6.07, 6.45) is -0.807. The third kappa shape index (κ3) is 4.17. The van der Waals surface area contributed by atoms with E-state index in [0.717, 1.165) is 5.75 Å². The highest BCUT2D eigenvalue weighted by Crippen LogP contribution is 2.36. The Morgan fingerprint density at radius 3 is 2.14 bits per heavy atom. The average molecular weight is 348 g/mol. The summed E-state index contributed by atoms with van der Waals surface area (Å²) in [5, 5.41) is 11.1. The molecule has 3 nitrogen and oxygen atoms in total. The van der Waals surface area contributed by atoms with Crippen molar-refractivity contribution < 1.29 is 14.6 Å². The maximum atomic E-state index is 10.1. The number of aliphatic hydroxyl groups is 1. The van der Waals surface area contributed by atoms with Crippen LogP contribution in [0.2, 0.25) is 15.1 Å². The van der Waals surface area contributed by atoms with Crippen LogP contribution in [-0.4, -0.2) is 18.8 Å². The number of aliphatic hydroxyl groups excluding tert-OH is 1. The Morgan fingerprint density at radius 2 is 1.62 bits per heavy atom. The molecule has 1 unspecified atom stereocenters. The molecule has 0 aliphatic heterocycles. The number of hydrogen-bond acceptors (Lipinski definition) is 3. The fourth-order valence-corrected chi connectivity index (χ4v) is 2.68. The first kappa shape index (κ1) is 16.2. The molecule has 0 radical (unpaired) electrons. The topological polar surface area (TPSA) is 38.7 Å². The Balaban J connectivity index is 2.05. The molecule has 0 bridgehead atoms. The van der Waals surface area contributed by atoms with Gasteiger partial charge in [-0.3, -0.25) is 0 Å². The molecule has 2 aromatic carbocycles. The van der Waals surface area contributed by atoms with Gasteiger partial charge in [0, 0.05) is 5.02 Å². The molecule has 0 amide bonds. The third-order valence-electron chi connectivity index (χ3n) is 2.85. The van der Waals surface area contributed by atoms with Gasteiger partial charge in [0.2, 0.25) is 0 Å². The maximum absolute atomic E-state index is 10.1. The van der Waals surface area contributed by atoms with Gasteiger partial charge in [-0.15, -0.1) is 0 Å². The summed E-state index contributed by atoms with van der Waals surface area (Å²) < 4.78 is 10.6. The predicted octanol–water partition coefficient (Wildman–Crippen LogP) is 4.77. The van der Waals surface area contributed by atoms with E-state index in [1.807, 2.05) is 0 Å². The molecule has 2 aromatic rings. The second kappa shape index (κ2) is 7.23. The molecule has 0 fully saturated rings. The number of rotatable bonds is 5. The monoisotopic (exact) mass is 346 g/mol. The maximum Gasteiger partial charge on any atom is 0.156 e. The number of halogens is 3. The molecule has 0 heterocycles. The molecule has 0 aromatic heterocycles. The average Bonchev–Trinajstić information content (AvgIpc) is 2.46. The molecule has 0 saturated carbocycles. The number of methoxy groups -OCH3 is 1. The van der Waals surface area contributed by atoms with Crippen LogP contribution in [0.3, 0.4) is 0 Å². The number of ether oxygens (including phenoxy) is 2. The largest absolute Gasteiger partial charge is 0.497 e. The highest BCUT2D eigenvalue weighted by Gasteiger charge is 2.13. The molecular formula is C15H13Cl3O3. The summed E-state index contributed by atoms with van der Waals surface area (Å²) >= 11 is 17.8. The minimum atomic E-state index is -0.807. The number of hydrogen-bond donors (Lipinski definition) is 1. The Labute approximate surface area is 138 Å². The first-order chi connectivity index (χ1) is 10.0. The first-order valence-corrected chi connectivity index (χ1v) is 7.24. The van der Waals surface area contributed by atoms with Crippen molar-refractivity contribution in [1.82, 2.24) is 0 Å². The Morgan fingerprint density at radius 1 is 1.05 bits per heavy atom. The van der Waals surface area contributed by atoms with Gasteiger partial charge in [0.15, 0.2) is 5.75 Å². The summed E-state index contributed by atoms with van der Waals surface area (Å²) in [7, 11) is 1.58. The van der Waals surface area contributed by atoms with E-state index in [1.54, 1.807) is 31.4 Å². The lowest BCUT2D eigenvalue weighted by Gasteiger charge is -2.15. The van der Waals surface area contributed by atoms with E-state index in [9.17, 15) is 5.11 Å². The molecule has 21 heavy (non-hydrogen) atoms. The van der Waals surface area contributed by atoms with Crippen molar-refractivity contribution >= 4 is 34.8 Å². The van der Waals surface area contributed by atoms with Gasteiger partial charge in [0.1, 0.15) is 18.5 Å². The van der Waals surface area contributed by atoms with Gasteiger partial charge in [-0.2, -0.15) is 0 Å². The zero-order valence-electron chi connectivity index (χ0n) is 11.1. The normalized spacial score (nSPS) is 12.0. The molecule has 1 N–H and O–H groups in total. The fourth-order valence-electron chi connectivity index (χ4n) is 1.75. The number of benzene rings is 2. The van der Waals surface area contributed by atoms with Crippen LogP contribution in [0.4, 0.5) is 0 Å². The quantitative estimate of drug-likeness (QED) is 0.847. The van der Waals surface area contributed by atoms with Crippen LogP contribution in [0.1, 0.15) is 11.7 Å². The lowest BCUT2D eigenvalue weighted by atomic mass is 10.1. The van der Waals surface area contributed by atoms with Crippen molar-refractivity contribution in [3.63, 3.8) is 0 Å². The van der Waals surface area contributed by atoms with Gasteiger partial charge in [0.25, 0.3) is 0 Å². The first-order valence-electron chi connectivity index (χ1n) is 6.10. The molecule has 112 valence electrons. The van der Waals surface area contributed by atoms with E-state index in [4.69, 9.17) is 44.3 Å². The lowest BCUT2D eigenvalue weighted by Crippen LogP contribution is -2.10. The van der Waals surface area contributed by atoms with Crippen molar-refractivity contribution in [3.05, 3.63) is 57.0 Å². The minimum absolute atomic E-state index is 0.0212. The smallest absolute Gasteiger partial charge is 0.156 e. The summed E-state index contributed by atoms with van der Waals surface area (Å²) in [6, 6.07) is 10.1. The van der Waals surface area contributed by atoms with E-state index >= 15 is 0 Å². The Kier molecular flexibility index (Phi) is 5.59. The zero-order valence-corrected chi connectivity index (χ0v) is 13.4. The molecule has 6 heteroatoms. The van der Waals surface area contributed by atoms with Gasteiger partial charge in [-0.25, -0.2) is 0 Å². The van der Waals surface area contributed by atoms with E-state index < -0.39 is 6.10 Å². The second-order valence-corrected chi connectivity index (χ2v) is 5.55. The summed E-state index contributed by atoms with van der Waals surface area (Å²) in [5.41, 5.74) is 0.706. The third-order valence-corrected chi connectivity index (χ3v) is 3.63. The Hall–Kier alpha value is -1.13. The van der Waals surface area contributed by atoms with Gasteiger partial charge < -0.3 is 14.6 Å². The lowest BCUT2D eigenvalue weighted by molar-refractivity contribution is 0.108. The van der Waals surface area contributed by atoms with Gasteiger partial charge in [-0.05, 0) is 29.8 Å². The molecule has 0 aliphatic carbocycles. The van der Waals surface area contributed by atoms with Crippen molar-refractivity contribution in [2.45, 2.75) is 6.10 Å². The Bertz CT molecular complexity index is 591. The minimum Gasteiger partial charge on any atom is -0.497 e. The zero-order chi connectivity index (χ0) is 15.4. The van der Waals surface area contributed by atoms with E-state index in [2.05, 4.69) is 0 Å². The highest BCUT2D eigenvalue weighted by molar-refractivity contribution is 6.40. The molecule has 2 rings (SSSR count). The van der Waals surface area contributed by atoms with Crippen LogP contribution in [0.25, 0.3) is 0 Å². The van der Waals surface area contributed by atoms with Crippen LogP contribution in [0, 0.1) is 0 Å². The molecular weight excluding hydrogens is 335 g/mol. The van der Waals surface area contributed by atoms with Gasteiger partial charge >= 0.3 is 0 Å². The molecule has 0 spiro atoms. The summed E-state index contributed by atoms with van der Waals surface area (Å²) in [5.74, 6) is 1.02.